The van der Waals surface area contributed by atoms with Crippen LogP contribution in [0.25, 0.3) is 33.2 Å². The van der Waals surface area contributed by atoms with E-state index in [1.807, 2.05) is 13.0 Å². The number of carbonyl (C=O) groups excluding carboxylic acids is 2. The number of rotatable bonds is 8. The molecule has 0 unspecified atom stereocenters. The molecular weight excluding hydrogens is 518 g/mol. The first-order chi connectivity index (χ1) is 19.1. The number of hydrogen-bond donors (Lipinski definition) is 3. The molecule has 0 bridgehead atoms. The molecule has 1 aliphatic carbocycles. The Labute approximate surface area is 229 Å². The standard InChI is InChI=1S/C30H28F2N4O4/c1-16-13-19(35-28(37)17(2)31)6-8-20(16)21-9-10-23-26(27(33)36-40-23)25(21)18-5-7-22(24(14-18)39-3)29(38)34-15-30(32)11-4-12-30/h5-10,13-14H,2,4,11-12,15H2,1,3H3,(H2,33,36)(H,34,38)(H,35,37). The maximum atomic E-state index is 14.5. The normalized spacial score (nSPS) is 13.9. The Bertz CT molecular complexity index is 1660. The number of methoxy groups -OCH3 is 1. The molecule has 0 saturated heterocycles. The number of ether oxygens (including phenoxy) is 1. The lowest BCUT2D eigenvalue weighted by atomic mass is 9.82. The van der Waals surface area contributed by atoms with Crippen LogP contribution in [-0.4, -0.2) is 36.3 Å². The molecule has 0 atom stereocenters. The molecule has 1 heterocycles. The Hall–Kier alpha value is -4.73. The average molecular weight is 547 g/mol. The van der Waals surface area contributed by atoms with E-state index >= 15 is 0 Å². The summed E-state index contributed by atoms with van der Waals surface area (Å²) >= 11 is 0. The summed E-state index contributed by atoms with van der Waals surface area (Å²) in [5.74, 6) is -1.95. The van der Waals surface area contributed by atoms with Gasteiger partial charge in [0.1, 0.15) is 11.4 Å². The molecule has 1 fully saturated rings. The highest BCUT2D eigenvalue weighted by Gasteiger charge is 2.37. The van der Waals surface area contributed by atoms with Gasteiger partial charge in [0.15, 0.2) is 17.2 Å². The van der Waals surface area contributed by atoms with Gasteiger partial charge in [-0.25, -0.2) is 8.78 Å². The van der Waals surface area contributed by atoms with Gasteiger partial charge in [0.05, 0.1) is 24.6 Å². The van der Waals surface area contributed by atoms with Crippen LogP contribution in [0, 0.1) is 6.92 Å². The summed E-state index contributed by atoms with van der Waals surface area (Å²) in [6, 6.07) is 13.9. The predicted molar refractivity (Wildman–Crippen MR) is 149 cm³/mol. The van der Waals surface area contributed by atoms with Crippen LogP contribution in [0.3, 0.4) is 0 Å². The third-order valence-electron chi connectivity index (χ3n) is 7.24. The number of nitrogens with two attached hydrogens (primary N) is 1. The number of nitrogen functional groups attached to an aromatic ring is 1. The van der Waals surface area contributed by atoms with E-state index in [1.54, 1.807) is 42.5 Å². The zero-order valence-electron chi connectivity index (χ0n) is 22.1. The van der Waals surface area contributed by atoms with Gasteiger partial charge in [-0.15, -0.1) is 0 Å². The minimum absolute atomic E-state index is 0.0490. The summed E-state index contributed by atoms with van der Waals surface area (Å²) in [5, 5.41) is 9.65. The number of benzene rings is 3. The van der Waals surface area contributed by atoms with Crippen LogP contribution in [0.1, 0.15) is 35.2 Å². The quantitative estimate of drug-likeness (QED) is 0.230. The molecular formula is C30H28F2N4O4. The second-order valence-corrected chi connectivity index (χ2v) is 9.92. The first kappa shape index (κ1) is 26.9. The number of anilines is 2. The predicted octanol–water partition coefficient (Wildman–Crippen LogP) is 6.10. The Morgan fingerprint density at radius 2 is 1.90 bits per heavy atom. The molecule has 1 saturated carbocycles. The maximum Gasteiger partial charge on any atom is 0.283 e. The van der Waals surface area contributed by atoms with E-state index in [4.69, 9.17) is 15.0 Å². The number of nitrogens with zero attached hydrogens (tertiary/aromatic N) is 1. The van der Waals surface area contributed by atoms with Crippen LogP contribution in [0.5, 0.6) is 5.75 Å². The Morgan fingerprint density at radius 3 is 2.55 bits per heavy atom. The van der Waals surface area contributed by atoms with E-state index in [9.17, 15) is 18.4 Å². The zero-order chi connectivity index (χ0) is 28.6. The number of fused-ring (bicyclic) bond motifs is 1. The van der Waals surface area contributed by atoms with Gasteiger partial charge in [0, 0.05) is 11.3 Å². The van der Waals surface area contributed by atoms with Crippen molar-refractivity contribution in [3.8, 4) is 28.0 Å². The third-order valence-corrected chi connectivity index (χ3v) is 7.24. The zero-order valence-corrected chi connectivity index (χ0v) is 22.1. The van der Waals surface area contributed by atoms with Crippen molar-refractivity contribution < 1.29 is 27.6 Å². The third kappa shape index (κ3) is 5.00. The smallest absolute Gasteiger partial charge is 0.283 e. The minimum atomic E-state index is -1.35. The fourth-order valence-electron chi connectivity index (χ4n) is 4.93. The number of aryl methyl sites for hydroxylation is 1. The maximum absolute atomic E-state index is 14.5. The van der Waals surface area contributed by atoms with Crippen LogP contribution in [0.4, 0.5) is 20.3 Å². The summed E-state index contributed by atoms with van der Waals surface area (Å²) in [4.78, 5) is 24.6. The van der Waals surface area contributed by atoms with Crippen molar-refractivity contribution in [2.75, 3.05) is 24.7 Å². The molecule has 0 spiro atoms. The number of aromatic nitrogens is 1. The number of halogens is 2. The average Bonchev–Trinajstić information content (AvgIpc) is 3.30. The lowest BCUT2D eigenvalue weighted by molar-refractivity contribution is -0.114. The number of carbonyl (C=O) groups is 2. The lowest BCUT2D eigenvalue weighted by Crippen LogP contribution is -2.44. The number of nitrogens with one attached hydrogen (secondary N) is 2. The largest absolute Gasteiger partial charge is 0.496 e. The van der Waals surface area contributed by atoms with Gasteiger partial charge >= 0.3 is 0 Å². The van der Waals surface area contributed by atoms with Crippen molar-refractivity contribution in [3.05, 3.63) is 72.1 Å². The van der Waals surface area contributed by atoms with E-state index in [1.165, 1.54) is 7.11 Å². The van der Waals surface area contributed by atoms with E-state index in [0.717, 1.165) is 23.1 Å². The fourth-order valence-corrected chi connectivity index (χ4v) is 4.93. The van der Waals surface area contributed by atoms with E-state index in [-0.39, 0.29) is 17.9 Å². The minimum Gasteiger partial charge on any atom is -0.496 e. The molecule has 0 aliphatic heterocycles. The monoisotopic (exact) mass is 546 g/mol. The van der Waals surface area contributed by atoms with Crippen molar-refractivity contribution >= 4 is 34.3 Å². The first-order valence-electron chi connectivity index (χ1n) is 12.7. The van der Waals surface area contributed by atoms with Crippen LogP contribution < -0.4 is 21.1 Å². The van der Waals surface area contributed by atoms with E-state index in [0.29, 0.717) is 46.4 Å². The molecule has 10 heteroatoms. The molecule has 40 heavy (non-hydrogen) atoms. The van der Waals surface area contributed by atoms with Gasteiger partial charge in [0.2, 0.25) is 0 Å². The molecule has 4 aromatic rings. The molecule has 1 aromatic heterocycles. The topological polar surface area (TPSA) is 119 Å². The van der Waals surface area contributed by atoms with Crippen molar-refractivity contribution in [1.29, 1.82) is 0 Å². The molecule has 0 radical (unpaired) electrons. The molecule has 3 aromatic carbocycles. The van der Waals surface area contributed by atoms with Crippen LogP contribution in [0.2, 0.25) is 0 Å². The van der Waals surface area contributed by atoms with Crippen molar-refractivity contribution in [2.45, 2.75) is 31.9 Å². The highest BCUT2D eigenvalue weighted by atomic mass is 19.1. The molecule has 5 rings (SSSR count). The molecule has 2 amide bonds. The van der Waals surface area contributed by atoms with E-state index in [2.05, 4.69) is 22.4 Å². The van der Waals surface area contributed by atoms with Gasteiger partial charge in [-0.3, -0.25) is 9.59 Å². The second kappa shape index (κ2) is 10.4. The number of amides is 2. The van der Waals surface area contributed by atoms with Crippen LogP contribution in [0.15, 0.2) is 65.5 Å². The number of hydrogen-bond acceptors (Lipinski definition) is 6. The highest BCUT2D eigenvalue weighted by molar-refractivity contribution is 6.08. The molecule has 1 aliphatic rings. The Balaban J connectivity index is 1.57. The lowest BCUT2D eigenvalue weighted by Gasteiger charge is -2.33. The fraction of sp³-hybridized carbons (Fsp3) is 0.233. The van der Waals surface area contributed by atoms with Crippen molar-refractivity contribution in [2.24, 2.45) is 0 Å². The second-order valence-electron chi connectivity index (χ2n) is 9.92. The van der Waals surface area contributed by atoms with Gasteiger partial charge in [0.25, 0.3) is 11.8 Å². The Kier molecular flexibility index (Phi) is 7.01. The first-order valence-corrected chi connectivity index (χ1v) is 12.7. The number of alkyl halides is 1. The highest BCUT2D eigenvalue weighted by Crippen LogP contribution is 2.43. The summed E-state index contributed by atoms with van der Waals surface area (Å²) in [5.41, 5.74) is 9.76. The van der Waals surface area contributed by atoms with Gasteiger partial charge in [-0.2, -0.15) is 0 Å². The summed E-state index contributed by atoms with van der Waals surface area (Å²) in [6.45, 7) is 4.82. The molecule has 4 N–H and O–H groups in total. The van der Waals surface area contributed by atoms with E-state index < -0.39 is 23.3 Å². The van der Waals surface area contributed by atoms with Crippen molar-refractivity contribution in [3.63, 3.8) is 0 Å². The van der Waals surface area contributed by atoms with Gasteiger partial charge in [-0.05, 0) is 84.8 Å². The SMILES string of the molecule is C=C(F)C(=O)Nc1ccc(-c2ccc3onc(N)c3c2-c2ccc(C(=O)NCC3(F)CCC3)c(OC)c2)c(C)c1. The van der Waals surface area contributed by atoms with Crippen molar-refractivity contribution in [1.82, 2.24) is 10.5 Å². The van der Waals surface area contributed by atoms with Gasteiger partial charge < -0.3 is 25.6 Å². The summed E-state index contributed by atoms with van der Waals surface area (Å²) in [7, 11) is 1.46. The van der Waals surface area contributed by atoms with Gasteiger partial charge in [-0.1, -0.05) is 23.9 Å². The molecule has 206 valence electrons. The summed E-state index contributed by atoms with van der Waals surface area (Å²) < 4.78 is 38.6. The van der Waals surface area contributed by atoms with Crippen LogP contribution in [-0.2, 0) is 4.79 Å². The van der Waals surface area contributed by atoms with Crippen LogP contribution >= 0.6 is 0 Å². The molecule has 8 nitrogen and oxygen atoms in total. The summed E-state index contributed by atoms with van der Waals surface area (Å²) in [6.07, 6.45) is 1.69. The Morgan fingerprint density at radius 1 is 1.15 bits per heavy atom.